The molecule has 2 heterocycles. The van der Waals surface area contributed by atoms with Gasteiger partial charge < -0.3 is 20.1 Å². The van der Waals surface area contributed by atoms with Crippen LogP contribution in [-0.4, -0.2) is 40.6 Å². The van der Waals surface area contributed by atoms with Crippen molar-refractivity contribution < 1.29 is 14.1 Å². The fraction of sp³-hybridized carbons (Fsp3) is 0.688. The molecular weight excluding hydrogens is 296 g/mol. The van der Waals surface area contributed by atoms with Crippen molar-refractivity contribution in [2.24, 2.45) is 0 Å². The van der Waals surface area contributed by atoms with Gasteiger partial charge in [0.05, 0.1) is 17.8 Å². The van der Waals surface area contributed by atoms with Crippen LogP contribution in [0.3, 0.4) is 0 Å². The van der Waals surface area contributed by atoms with Crippen molar-refractivity contribution >= 4 is 11.9 Å². The molecular formula is C16H24N4O3. The predicted octanol–water partition coefficient (Wildman–Crippen LogP) is 1.81. The number of nitrogens with zero attached hydrogens (tertiary/aromatic N) is 2. The summed E-state index contributed by atoms with van der Waals surface area (Å²) < 4.78 is 5.17. The first kappa shape index (κ1) is 15.8. The van der Waals surface area contributed by atoms with Gasteiger partial charge in [-0.15, -0.1) is 0 Å². The smallest absolute Gasteiger partial charge is 0.318 e. The van der Waals surface area contributed by atoms with E-state index in [2.05, 4.69) is 15.8 Å². The Hall–Kier alpha value is -2.05. The number of hydrogen-bond donors (Lipinski definition) is 2. The van der Waals surface area contributed by atoms with Gasteiger partial charge in [0.1, 0.15) is 12.3 Å². The molecule has 2 N–H and O–H groups in total. The van der Waals surface area contributed by atoms with Gasteiger partial charge in [0.15, 0.2) is 0 Å². The summed E-state index contributed by atoms with van der Waals surface area (Å²) in [5.74, 6) is 0.635. The summed E-state index contributed by atoms with van der Waals surface area (Å²) in [7, 11) is 0. The second-order valence-electron chi connectivity index (χ2n) is 6.56. The Morgan fingerprint density at radius 1 is 1.39 bits per heavy atom. The van der Waals surface area contributed by atoms with E-state index in [0.29, 0.717) is 5.76 Å². The van der Waals surface area contributed by atoms with Gasteiger partial charge in [-0.1, -0.05) is 18.0 Å². The number of aryl methyl sites for hydroxylation is 2. The number of rotatable bonds is 2. The lowest BCUT2D eigenvalue weighted by atomic mass is 9.87. The molecule has 1 saturated carbocycles. The van der Waals surface area contributed by atoms with Crippen LogP contribution in [-0.2, 0) is 4.79 Å². The van der Waals surface area contributed by atoms with Gasteiger partial charge in [0, 0.05) is 11.6 Å². The monoisotopic (exact) mass is 320 g/mol. The summed E-state index contributed by atoms with van der Waals surface area (Å²) >= 11 is 0. The molecule has 7 nitrogen and oxygen atoms in total. The summed E-state index contributed by atoms with van der Waals surface area (Å²) in [5.41, 5.74) is 1.68. The van der Waals surface area contributed by atoms with Crippen LogP contribution in [0.5, 0.6) is 0 Å². The molecule has 0 bridgehead atoms. The van der Waals surface area contributed by atoms with Gasteiger partial charge in [-0.2, -0.15) is 0 Å². The third-order valence-corrected chi connectivity index (χ3v) is 4.91. The molecule has 1 saturated heterocycles. The lowest BCUT2D eigenvalue weighted by Crippen LogP contribution is -2.64. The Morgan fingerprint density at radius 3 is 2.83 bits per heavy atom. The minimum Gasteiger partial charge on any atom is -0.361 e. The maximum Gasteiger partial charge on any atom is 0.318 e. The zero-order valence-corrected chi connectivity index (χ0v) is 13.9. The molecule has 0 radical (unpaired) electrons. The summed E-state index contributed by atoms with van der Waals surface area (Å²) in [5, 5.41) is 9.94. The van der Waals surface area contributed by atoms with Crippen LogP contribution in [0.1, 0.15) is 55.7 Å². The summed E-state index contributed by atoms with van der Waals surface area (Å²) in [6, 6.07) is -0.214. The summed E-state index contributed by atoms with van der Waals surface area (Å²) in [4.78, 5) is 26.3. The minimum absolute atomic E-state index is 0.0757. The van der Waals surface area contributed by atoms with Crippen LogP contribution in [0.25, 0.3) is 0 Å². The van der Waals surface area contributed by atoms with Crippen molar-refractivity contribution in [3.05, 3.63) is 17.0 Å². The highest BCUT2D eigenvalue weighted by Crippen LogP contribution is 2.27. The largest absolute Gasteiger partial charge is 0.361 e. The van der Waals surface area contributed by atoms with Crippen molar-refractivity contribution in [1.82, 2.24) is 20.7 Å². The van der Waals surface area contributed by atoms with Crippen LogP contribution in [0, 0.1) is 13.8 Å². The van der Waals surface area contributed by atoms with Crippen molar-refractivity contribution in [3.63, 3.8) is 0 Å². The van der Waals surface area contributed by atoms with Gasteiger partial charge in [-0.25, -0.2) is 4.79 Å². The topological polar surface area (TPSA) is 87.5 Å². The van der Waals surface area contributed by atoms with E-state index in [1.807, 2.05) is 20.8 Å². The van der Waals surface area contributed by atoms with Crippen LogP contribution in [0.2, 0.25) is 0 Å². The quantitative estimate of drug-likeness (QED) is 0.870. The van der Waals surface area contributed by atoms with E-state index in [0.717, 1.165) is 36.9 Å². The fourth-order valence-corrected chi connectivity index (χ4v) is 3.85. The van der Waals surface area contributed by atoms with Crippen molar-refractivity contribution in [1.29, 1.82) is 0 Å². The van der Waals surface area contributed by atoms with E-state index in [9.17, 15) is 9.59 Å². The molecule has 1 aliphatic carbocycles. The Kier molecular flexibility index (Phi) is 4.28. The molecule has 1 aliphatic heterocycles. The Bertz CT molecular complexity index is 593. The van der Waals surface area contributed by atoms with E-state index in [1.54, 1.807) is 4.90 Å². The lowest BCUT2D eigenvalue weighted by Gasteiger charge is -2.44. The minimum atomic E-state index is -0.208. The highest BCUT2D eigenvalue weighted by molar-refractivity contribution is 5.86. The Labute approximate surface area is 135 Å². The Balaban J connectivity index is 1.72. The van der Waals surface area contributed by atoms with Gasteiger partial charge in [0.25, 0.3) is 0 Å². The lowest BCUT2D eigenvalue weighted by molar-refractivity contribution is -0.126. The molecule has 2 fully saturated rings. The maximum absolute atomic E-state index is 12.7. The first-order valence-electron chi connectivity index (χ1n) is 8.26. The molecule has 23 heavy (non-hydrogen) atoms. The molecule has 0 aromatic carbocycles. The standard InChI is InChI=1S/C16H24N4O3/c1-9(15-10(2)19-23-11(15)3)17-16(22)20-8-14(21)18-12-6-4-5-7-13(12)20/h9,12-13H,4-8H2,1-3H3,(H,17,22)(H,18,21)/t9-,12+,13+/m0/s1. The number of carbonyl (C=O) groups is 2. The molecule has 7 heteroatoms. The highest BCUT2D eigenvalue weighted by Gasteiger charge is 2.39. The van der Waals surface area contributed by atoms with Gasteiger partial charge >= 0.3 is 6.03 Å². The maximum atomic E-state index is 12.7. The van der Waals surface area contributed by atoms with E-state index in [1.165, 1.54) is 0 Å². The molecule has 2 aliphatic rings. The fourth-order valence-electron chi connectivity index (χ4n) is 3.85. The number of hydrogen-bond acceptors (Lipinski definition) is 4. The molecule has 0 spiro atoms. The van der Waals surface area contributed by atoms with Crippen LogP contribution < -0.4 is 10.6 Å². The average Bonchev–Trinajstić information content (AvgIpc) is 2.85. The van der Waals surface area contributed by atoms with Crippen molar-refractivity contribution in [2.75, 3.05) is 6.54 Å². The van der Waals surface area contributed by atoms with E-state index < -0.39 is 0 Å². The number of urea groups is 1. The van der Waals surface area contributed by atoms with Gasteiger partial charge in [-0.05, 0) is 33.6 Å². The first-order chi connectivity index (χ1) is 11.0. The molecule has 0 unspecified atom stereocenters. The number of amides is 3. The number of aromatic nitrogens is 1. The molecule has 3 amide bonds. The number of fused-ring (bicyclic) bond motifs is 1. The number of carbonyl (C=O) groups excluding carboxylic acids is 2. The third-order valence-electron chi connectivity index (χ3n) is 4.91. The molecule has 126 valence electrons. The second-order valence-corrected chi connectivity index (χ2v) is 6.56. The van der Waals surface area contributed by atoms with Gasteiger partial charge in [-0.3, -0.25) is 4.79 Å². The SMILES string of the molecule is Cc1noc(C)c1[C@H](C)NC(=O)N1CC(=O)N[C@@H]2CCCC[C@H]21. The van der Waals surface area contributed by atoms with Crippen LogP contribution >= 0.6 is 0 Å². The summed E-state index contributed by atoms with van der Waals surface area (Å²) in [6.45, 7) is 5.73. The van der Waals surface area contributed by atoms with Gasteiger partial charge in [0.2, 0.25) is 5.91 Å². The molecule has 3 atom stereocenters. The first-order valence-corrected chi connectivity index (χ1v) is 8.26. The molecule has 3 rings (SSSR count). The Morgan fingerprint density at radius 2 is 2.13 bits per heavy atom. The third kappa shape index (κ3) is 3.04. The van der Waals surface area contributed by atoms with Crippen molar-refractivity contribution in [3.8, 4) is 0 Å². The zero-order chi connectivity index (χ0) is 16.6. The predicted molar refractivity (Wildman–Crippen MR) is 83.8 cm³/mol. The van der Waals surface area contributed by atoms with Crippen LogP contribution in [0.4, 0.5) is 4.79 Å². The van der Waals surface area contributed by atoms with E-state index in [4.69, 9.17) is 4.52 Å². The van der Waals surface area contributed by atoms with Crippen molar-refractivity contribution in [2.45, 2.75) is 64.6 Å². The normalized spacial score (nSPS) is 25.5. The summed E-state index contributed by atoms with van der Waals surface area (Å²) in [6.07, 6.45) is 4.09. The molecule has 1 aromatic heterocycles. The highest BCUT2D eigenvalue weighted by atomic mass is 16.5. The number of nitrogens with one attached hydrogen (secondary N) is 2. The molecule has 1 aromatic rings. The van der Waals surface area contributed by atoms with E-state index >= 15 is 0 Å². The second kappa shape index (κ2) is 6.22. The van der Waals surface area contributed by atoms with Crippen LogP contribution in [0.15, 0.2) is 4.52 Å². The van der Waals surface area contributed by atoms with E-state index in [-0.39, 0.29) is 36.6 Å². The average molecular weight is 320 g/mol. The number of piperazine rings is 1. The zero-order valence-electron chi connectivity index (χ0n) is 13.9.